The van der Waals surface area contributed by atoms with Crippen LogP contribution in [0.15, 0.2) is 53.4 Å². The average molecular weight is 347 g/mol. The zero-order valence-electron chi connectivity index (χ0n) is 13.3. The first-order chi connectivity index (χ1) is 11.2. The van der Waals surface area contributed by atoms with E-state index in [1.807, 2.05) is 0 Å². The molecule has 0 spiro atoms. The number of benzene rings is 2. The van der Waals surface area contributed by atoms with E-state index in [1.165, 1.54) is 28.6 Å². The number of nitro groups is 1. The molecule has 0 fully saturated rings. The van der Waals surface area contributed by atoms with E-state index in [-0.39, 0.29) is 4.90 Å². The number of hydrogen-bond donors (Lipinski definition) is 1. The van der Waals surface area contributed by atoms with Crippen LogP contribution in [0.25, 0.3) is 0 Å². The largest absolute Gasteiger partial charge is 0.381 e. The summed E-state index contributed by atoms with van der Waals surface area (Å²) in [6, 6.07) is 12.4. The van der Waals surface area contributed by atoms with Crippen molar-refractivity contribution < 1.29 is 13.3 Å². The second-order valence-corrected chi connectivity index (χ2v) is 7.93. The van der Waals surface area contributed by atoms with Crippen molar-refractivity contribution in [2.75, 3.05) is 16.2 Å². The maximum Gasteiger partial charge on any atom is 0.289 e. The summed E-state index contributed by atoms with van der Waals surface area (Å²) in [5.74, 6) is 0. The molecule has 1 heterocycles. The van der Waals surface area contributed by atoms with Crippen molar-refractivity contribution >= 4 is 27.1 Å². The lowest BCUT2D eigenvalue weighted by Gasteiger charge is -2.43. The Bertz CT molecular complexity index is 909. The Hall–Kier alpha value is -2.61. The highest BCUT2D eigenvalue weighted by atomic mass is 32.2. The van der Waals surface area contributed by atoms with Gasteiger partial charge in [0.15, 0.2) is 4.90 Å². The van der Waals surface area contributed by atoms with E-state index in [1.54, 1.807) is 38.1 Å². The lowest BCUT2D eigenvalue weighted by molar-refractivity contribution is -0.387. The highest BCUT2D eigenvalue weighted by Crippen LogP contribution is 2.41. The van der Waals surface area contributed by atoms with E-state index in [0.29, 0.717) is 17.9 Å². The molecule has 0 bridgehead atoms. The van der Waals surface area contributed by atoms with Gasteiger partial charge >= 0.3 is 0 Å². The zero-order chi connectivity index (χ0) is 17.5. The van der Waals surface area contributed by atoms with Gasteiger partial charge in [-0.15, -0.1) is 0 Å². The van der Waals surface area contributed by atoms with Crippen LogP contribution in [0.3, 0.4) is 0 Å². The minimum Gasteiger partial charge on any atom is -0.381 e. The summed E-state index contributed by atoms with van der Waals surface area (Å²) in [7, 11) is -4.11. The van der Waals surface area contributed by atoms with Crippen molar-refractivity contribution in [1.29, 1.82) is 0 Å². The number of nitrogens with one attached hydrogen (secondary N) is 1. The van der Waals surface area contributed by atoms with Gasteiger partial charge in [0.1, 0.15) is 0 Å². The monoisotopic (exact) mass is 347 g/mol. The highest BCUT2D eigenvalue weighted by molar-refractivity contribution is 7.93. The Morgan fingerprint density at radius 1 is 1.12 bits per heavy atom. The molecule has 1 aliphatic rings. The molecule has 1 aliphatic heterocycles. The Kier molecular flexibility index (Phi) is 3.71. The molecule has 0 radical (unpaired) electrons. The Labute approximate surface area is 140 Å². The van der Waals surface area contributed by atoms with Gasteiger partial charge in [-0.05, 0) is 32.0 Å². The van der Waals surface area contributed by atoms with E-state index in [4.69, 9.17) is 0 Å². The van der Waals surface area contributed by atoms with Gasteiger partial charge in [0.25, 0.3) is 15.7 Å². The standard InChI is InChI=1S/C16H17N3O4S/c1-16(2)11-17-12-7-3-4-8-13(12)18(16)24(22,23)15-10-6-5-9-14(15)19(20)21/h3-10,17H,11H2,1-2H3. The van der Waals surface area contributed by atoms with Crippen LogP contribution in [0, 0.1) is 10.1 Å². The number of nitro benzene ring substituents is 1. The fourth-order valence-electron chi connectivity index (χ4n) is 2.89. The van der Waals surface area contributed by atoms with Gasteiger partial charge in [0.2, 0.25) is 0 Å². The number of nitrogens with zero attached hydrogens (tertiary/aromatic N) is 2. The van der Waals surface area contributed by atoms with Gasteiger partial charge in [0.05, 0.1) is 21.8 Å². The molecule has 0 saturated heterocycles. The Morgan fingerprint density at radius 3 is 2.46 bits per heavy atom. The first-order valence-corrected chi connectivity index (χ1v) is 8.81. The minimum absolute atomic E-state index is 0.306. The first kappa shape index (κ1) is 16.3. The van der Waals surface area contributed by atoms with Gasteiger partial charge < -0.3 is 5.32 Å². The van der Waals surface area contributed by atoms with E-state index < -0.39 is 26.2 Å². The molecule has 0 saturated carbocycles. The quantitative estimate of drug-likeness (QED) is 0.680. The lowest BCUT2D eigenvalue weighted by Crippen LogP contribution is -2.54. The van der Waals surface area contributed by atoms with Crippen LogP contribution in [0.1, 0.15) is 13.8 Å². The van der Waals surface area contributed by atoms with Crippen molar-refractivity contribution in [3.8, 4) is 0 Å². The Morgan fingerprint density at radius 2 is 1.75 bits per heavy atom. The molecule has 7 nitrogen and oxygen atoms in total. The van der Waals surface area contributed by atoms with Gasteiger partial charge in [-0.25, -0.2) is 8.42 Å². The molecule has 2 aromatic carbocycles. The summed E-state index contributed by atoms with van der Waals surface area (Å²) in [6.07, 6.45) is 0. The van der Waals surface area contributed by atoms with Crippen LogP contribution in [0.4, 0.5) is 17.1 Å². The lowest BCUT2D eigenvalue weighted by atomic mass is 10.0. The summed E-state index contributed by atoms with van der Waals surface area (Å²) in [5, 5.41) is 14.5. The molecular weight excluding hydrogens is 330 g/mol. The molecule has 2 aromatic rings. The van der Waals surface area contributed by atoms with E-state index in [2.05, 4.69) is 5.32 Å². The molecule has 126 valence electrons. The normalized spacial score (nSPS) is 16.2. The minimum atomic E-state index is -4.11. The zero-order valence-corrected chi connectivity index (χ0v) is 14.1. The number of anilines is 2. The van der Waals surface area contributed by atoms with E-state index >= 15 is 0 Å². The SMILES string of the molecule is CC1(C)CNc2ccccc2N1S(=O)(=O)c1ccccc1[N+](=O)[O-]. The fourth-order valence-corrected chi connectivity index (χ4v) is 4.88. The highest BCUT2D eigenvalue weighted by Gasteiger charge is 2.43. The van der Waals surface area contributed by atoms with E-state index in [9.17, 15) is 18.5 Å². The molecule has 0 aliphatic carbocycles. The second-order valence-electron chi connectivity index (χ2n) is 6.18. The fraction of sp³-hybridized carbons (Fsp3) is 0.250. The van der Waals surface area contributed by atoms with Gasteiger partial charge in [-0.1, -0.05) is 24.3 Å². The van der Waals surface area contributed by atoms with E-state index in [0.717, 1.165) is 0 Å². The summed E-state index contributed by atoms with van der Waals surface area (Å²) >= 11 is 0. The Balaban J connectivity index is 2.25. The van der Waals surface area contributed by atoms with Crippen molar-refractivity contribution in [1.82, 2.24) is 0 Å². The second kappa shape index (κ2) is 5.48. The summed E-state index contributed by atoms with van der Waals surface area (Å²) in [6.45, 7) is 3.95. The number of rotatable bonds is 3. The number of sulfonamides is 1. The predicted octanol–water partition coefficient (Wildman–Crippen LogP) is 2.99. The smallest absolute Gasteiger partial charge is 0.289 e. The van der Waals surface area contributed by atoms with Crippen LogP contribution in [-0.2, 0) is 10.0 Å². The van der Waals surface area contributed by atoms with Crippen molar-refractivity contribution in [2.24, 2.45) is 0 Å². The third-order valence-electron chi connectivity index (χ3n) is 3.96. The van der Waals surface area contributed by atoms with Crippen LogP contribution >= 0.6 is 0 Å². The van der Waals surface area contributed by atoms with Crippen LogP contribution in [0.2, 0.25) is 0 Å². The third-order valence-corrected chi connectivity index (χ3v) is 6.04. The molecule has 24 heavy (non-hydrogen) atoms. The summed E-state index contributed by atoms with van der Waals surface area (Å²) < 4.78 is 27.8. The van der Waals surface area contributed by atoms with Crippen molar-refractivity contribution in [2.45, 2.75) is 24.3 Å². The predicted molar refractivity (Wildman–Crippen MR) is 91.8 cm³/mol. The molecule has 0 aromatic heterocycles. The molecule has 0 atom stereocenters. The third kappa shape index (κ3) is 2.48. The van der Waals surface area contributed by atoms with Gasteiger partial charge in [0, 0.05) is 12.6 Å². The molecule has 0 unspecified atom stereocenters. The average Bonchev–Trinajstić information content (AvgIpc) is 2.53. The van der Waals surface area contributed by atoms with Crippen molar-refractivity contribution in [3.05, 3.63) is 58.6 Å². The topological polar surface area (TPSA) is 92.6 Å². The first-order valence-electron chi connectivity index (χ1n) is 7.37. The van der Waals surface area contributed by atoms with Gasteiger partial charge in [-0.3, -0.25) is 14.4 Å². The number of hydrogen-bond acceptors (Lipinski definition) is 5. The van der Waals surface area contributed by atoms with Crippen LogP contribution in [0.5, 0.6) is 0 Å². The summed E-state index contributed by atoms with van der Waals surface area (Å²) in [4.78, 5) is 10.3. The molecule has 3 rings (SSSR count). The molecular formula is C16H17N3O4S. The van der Waals surface area contributed by atoms with Crippen LogP contribution < -0.4 is 9.62 Å². The molecule has 0 amide bonds. The molecule has 1 N–H and O–H groups in total. The summed E-state index contributed by atoms with van der Waals surface area (Å²) in [5.41, 5.74) is -0.0492. The maximum absolute atomic E-state index is 13.3. The molecule has 8 heteroatoms. The number of para-hydroxylation sites is 3. The van der Waals surface area contributed by atoms with Gasteiger partial charge in [-0.2, -0.15) is 0 Å². The van der Waals surface area contributed by atoms with Crippen molar-refractivity contribution in [3.63, 3.8) is 0 Å². The maximum atomic E-state index is 13.3. The number of fused-ring (bicyclic) bond motifs is 1. The van der Waals surface area contributed by atoms with Crippen LogP contribution in [-0.4, -0.2) is 25.4 Å².